The smallest absolute Gasteiger partial charge is 0.350 e. The first-order valence-electron chi connectivity index (χ1n) is 10.7. The summed E-state index contributed by atoms with van der Waals surface area (Å²) in [7, 11) is 1.53. The average Bonchev–Trinajstić information content (AvgIpc) is 3.37. The van der Waals surface area contributed by atoms with Crippen molar-refractivity contribution < 1.29 is 27.9 Å². The van der Waals surface area contributed by atoms with Gasteiger partial charge in [-0.3, -0.25) is 14.5 Å². The topological polar surface area (TPSA) is 98.9 Å². The molecule has 1 atom stereocenters. The normalized spacial score (nSPS) is 14.9. The number of amides is 1. The van der Waals surface area contributed by atoms with Gasteiger partial charge in [-0.25, -0.2) is 14.2 Å². The molecule has 0 bridgehead atoms. The van der Waals surface area contributed by atoms with Crippen LogP contribution in [0.2, 0.25) is 0 Å². The van der Waals surface area contributed by atoms with Crippen molar-refractivity contribution in [2.24, 2.45) is 0 Å². The molecule has 35 heavy (non-hydrogen) atoms. The molecule has 10 heteroatoms. The van der Waals surface area contributed by atoms with E-state index in [9.17, 15) is 18.8 Å². The maximum absolute atomic E-state index is 14.0. The number of carbonyl (C=O) groups is 2. The molecule has 0 radical (unpaired) electrons. The van der Waals surface area contributed by atoms with Gasteiger partial charge in [-0.1, -0.05) is 23.5 Å². The number of aryl methyl sites for hydroxylation is 1. The third kappa shape index (κ3) is 3.66. The second-order valence-electron chi connectivity index (χ2n) is 7.80. The third-order valence-corrected chi connectivity index (χ3v) is 6.85. The number of fused-ring (bicyclic) bond motifs is 2. The SMILES string of the molecule is CCOC(=O)c1sc(N2C(=O)c3oc4ccc(F)cc4c(=O)c3C2c2ccc(OC)cc2)nc1C. The first-order valence-corrected chi connectivity index (χ1v) is 11.5. The number of ether oxygens (including phenoxy) is 2. The molecule has 1 aliphatic heterocycles. The van der Waals surface area contributed by atoms with Gasteiger partial charge in [0, 0.05) is 0 Å². The molecule has 1 aliphatic rings. The van der Waals surface area contributed by atoms with Crippen LogP contribution in [0, 0.1) is 12.7 Å². The molecule has 0 spiro atoms. The molecule has 0 aliphatic carbocycles. The van der Waals surface area contributed by atoms with Crippen LogP contribution in [-0.2, 0) is 4.74 Å². The lowest BCUT2D eigenvalue weighted by Crippen LogP contribution is -2.29. The van der Waals surface area contributed by atoms with E-state index >= 15 is 0 Å². The maximum atomic E-state index is 14.0. The highest BCUT2D eigenvalue weighted by atomic mass is 32.1. The molecular weight excluding hydrogens is 475 g/mol. The Morgan fingerprint density at radius 2 is 1.94 bits per heavy atom. The largest absolute Gasteiger partial charge is 0.497 e. The molecule has 3 heterocycles. The van der Waals surface area contributed by atoms with E-state index in [1.54, 1.807) is 38.1 Å². The van der Waals surface area contributed by atoms with Crippen molar-refractivity contribution in [3.8, 4) is 5.75 Å². The molecular formula is C25H19FN2O6S. The van der Waals surface area contributed by atoms with Gasteiger partial charge in [0.05, 0.1) is 36.4 Å². The minimum absolute atomic E-state index is 0.0273. The van der Waals surface area contributed by atoms with Crippen molar-refractivity contribution in [1.29, 1.82) is 0 Å². The maximum Gasteiger partial charge on any atom is 0.350 e. The lowest BCUT2D eigenvalue weighted by molar-refractivity contribution is 0.0531. The zero-order valence-corrected chi connectivity index (χ0v) is 19.8. The van der Waals surface area contributed by atoms with Gasteiger partial charge in [0.25, 0.3) is 5.91 Å². The van der Waals surface area contributed by atoms with E-state index in [0.717, 1.165) is 23.5 Å². The van der Waals surface area contributed by atoms with Crippen LogP contribution in [0.25, 0.3) is 11.0 Å². The first-order chi connectivity index (χ1) is 16.8. The summed E-state index contributed by atoms with van der Waals surface area (Å²) in [5.74, 6) is -1.29. The van der Waals surface area contributed by atoms with Crippen molar-refractivity contribution in [1.82, 2.24) is 4.98 Å². The Bertz CT molecular complexity index is 1540. The monoisotopic (exact) mass is 494 g/mol. The van der Waals surface area contributed by atoms with Crippen molar-refractivity contribution >= 4 is 39.3 Å². The number of carbonyl (C=O) groups excluding carboxylic acids is 2. The van der Waals surface area contributed by atoms with E-state index in [-0.39, 0.29) is 38.9 Å². The Hall–Kier alpha value is -4.05. The van der Waals surface area contributed by atoms with Crippen molar-refractivity contribution in [2.75, 3.05) is 18.6 Å². The Morgan fingerprint density at radius 1 is 1.20 bits per heavy atom. The van der Waals surface area contributed by atoms with E-state index in [1.807, 2.05) is 0 Å². The van der Waals surface area contributed by atoms with Crippen LogP contribution in [0.3, 0.4) is 0 Å². The Balaban J connectivity index is 1.74. The van der Waals surface area contributed by atoms with E-state index in [4.69, 9.17) is 13.9 Å². The number of hydrogen-bond donors (Lipinski definition) is 0. The van der Waals surface area contributed by atoms with Crippen LogP contribution < -0.4 is 15.1 Å². The van der Waals surface area contributed by atoms with E-state index in [2.05, 4.69) is 4.98 Å². The number of thiazole rings is 1. The van der Waals surface area contributed by atoms with Crippen molar-refractivity contribution in [3.63, 3.8) is 0 Å². The summed E-state index contributed by atoms with van der Waals surface area (Å²) in [4.78, 5) is 45.6. The molecule has 5 rings (SSSR count). The van der Waals surface area contributed by atoms with Crippen molar-refractivity contribution in [2.45, 2.75) is 19.9 Å². The van der Waals surface area contributed by atoms with Gasteiger partial charge in [0.2, 0.25) is 5.76 Å². The van der Waals surface area contributed by atoms with Gasteiger partial charge in [0.15, 0.2) is 10.6 Å². The minimum Gasteiger partial charge on any atom is -0.497 e. The zero-order valence-electron chi connectivity index (χ0n) is 19.0. The molecule has 1 unspecified atom stereocenters. The fourth-order valence-corrected chi connectivity index (χ4v) is 5.10. The van der Waals surface area contributed by atoms with E-state index in [1.165, 1.54) is 18.1 Å². The van der Waals surface area contributed by atoms with E-state index in [0.29, 0.717) is 17.0 Å². The predicted octanol–water partition coefficient (Wildman–Crippen LogP) is 4.63. The summed E-state index contributed by atoms with van der Waals surface area (Å²) >= 11 is 0.989. The molecule has 0 saturated carbocycles. The number of methoxy groups -OCH3 is 1. The highest BCUT2D eigenvalue weighted by Gasteiger charge is 2.45. The van der Waals surface area contributed by atoms with Gasteiger partial charge in [-0.2, -0.15) is 0 Å². The number of halogens is 1. The van der Waals surface area contributed by atoms with Gasteiger partial charge in [-0.05, 0) is 49.7 Å². The molecule has 0 N–H and O–H groups in total. The molecule has 0 saturated heterocycles. The summed E-state index contributed by atoms with van der Waals surface area (Å²) in [5.41, 5.74) is 0.639. The van der Waals surface area contributed by atoms with Crippen LogP contribution in [0.1, 0.15) is 50.0 Å². The molecule has 178 valence electrons. The van der Waals surface area contributed by atoms with Crippen LogP contribution in [0.15, 0.2) is 51.7 Å². The first kappa shape index (κ1) is 22.7. The van der Waals surface area contributed by atoms with Crippen LogP contribution in [0.4, 0.5) is 9.52 Å². The van der Waals surface area contributed by atoms with Gasteiger partial charge >= 0.3 is 5.97 Å². The highest BCUT2D eigenvalue weighted by Crippen LogP contribution is 2.43. The van der Waals surface area contributed by atoms with Gasteiger partial charge in [0.1, 0.15) is 22.0 Å². The lowest BCUT2D eigenvalue weighted by Gasteiger charge is -2.22. The zero-order chi connectivity index (χ0) is 24.9. The molecule has 1 amide bonds. The quantitative estimate of drug-likeness (QED) is 0.373. The van der Waals surface area contributed by atoms with Gasteiger partial charge < -0.3 is 13.9 Å². The molecule has 8 nitrogen and oxygen atoms in total. The third-order valence-electron chi connectivity index (χ3n) is 5.72. The molecule has 4 aromatic rings. The van der Waals surface area contributed by atoms with Gasteiger partial charge in [-0.15, -0.1) is 0 Å². The second-order valence-corrected chi connectivity index (χ2v) is 8.77. The minimum atomic E-state index is -0.909. The van der Waals surface area contributed by atoms with Crippen molar-refractivity contribution in [3.05, 3.63) is 86.0 Å². The number of aromatic nitrogens is 1. The average molecular weight is 495 g/mol. The molecule has 2 aromatic heterocycles. The standard InChI is InChI=1S/C25H19FN2O6S/c1-4-33-24(31)22-12(2)27-25(35-22)28-19(13-5-8-15(32-3)9-6-13)18-20(29)16-11-14(26)7-10-17(16)34-21(18)23(28)30/h5-11,19H,4H2,1-3H3. The number of benzene rings is 2. The fourth-order valence-electron chi connectivity index (χ4n) is 4.12. The fraction of sp³-hybridized carbons (Fsp3) is 0.200. The summed E-state index contributed by atoms with van der Waals surface area (Å²) in [6, 6.07) is 9.51. The lowest BCUT2D eigenvalue weighted by atomic mass is 9.98. The number of anilines is 1. The molecule has 0 fully saturated rings. The Kier molecular flexibility index (Phi) is 5.60. The summed E-state index contributed by atoms with van der Waals surface area (Å²) in [6.45, 7) is 3.53. The van der Waals surface area contributed by atoms with Crippen LogP contribution >= 0.6 is 11.3 Å². The summed E-state index contributed by atoms with van der Waals surface area (Å²) in [5, 5.41) is 0.233. The summed E-state index contributed by atoms with van der Waals surface area (Å²) < 4.78 is 30.1. The van der Waals surface area contributed by atoms with E-state index < -0.39 is 29.2 Å². The van der Waals surface area contributed by atoms with Crippen LogP contribution in [0.5, 0.6) is 5.75 Å². The second kappa shape index (κ2) is 8.62. The Morgan fingerprint density at radius 3 is 2.63 bits per heavy atom. The highest BCUT2D eigenvalue weighted by molar-refractivity contribution is 7.17. The Labute approximate surface area is 202 Å². The predicted molar refractivity (Wildman–Crippen MR) is 127 cm³/mol. The van der Waals surface area contributed by atoms with Crippen LogP contribution in [-0.4, -0.2) is 30.6 Å². The number of rotatable bonds is 5. The molecule has 2 aromatic carbocycles. The number of hydrogen-bond acceptors (Lipinski definition) is 8. The number of esters is 1. The summed E-state index contributed by atoms with van der Waals surface area (Å²) in [6.07, 6.45) is 0. The number of nitrogens with zero attached hydrogens (tertiary/aromatic N) is 2.